The Hall–Kier alpha value is -3.98. The van der Waals surface area contributed by atoms with Crippen molar-refractivity contribution in [3.8, 4) is 0 Å². The number of imide groups is 1. The van der Waals surface area contributed by atoms with E-state index in [9.17, 15) is 19.2 Å². The SMILES string of the molecule is CC(C)(C)OC(=O)N(C(=O)OC(C)(C)C)c1cc(Cl)ncn1.CC(C)(C)OC(=O)OC(=O)OC(C)(C)C.Nc1cc(Cl)ncn1. The summed E-state index contributed by atoms with van der Waals surface area (Å²) in [6.07, 6.45) is -1.47. The van der Waals surface area contributed by atoms with Crippen LogP contribution in [-0.4, -0.2) is 66.8 Å². The Labute approximate surface area is 273 Å². The first-order valence-corrected chi connectivity index (χ1v) is 14.0. The minimum atomic E-state index is -1.06. The molecule has 0 spiro atoms. The monoisotopic (exact) mass is 676 g/mol. The Balaban J connectivity index is 0.000000721. The van der Waals surface area contributed by atoms with Crippen molar-refractivity contribution in [1.82, 2.24) is 19.9 Å². The molecule has 0 aliphatic carbocycles. The van der Waals surface area contributed by atoms with Crippen molar-refractivity contribution in [2.75, 3.05) is 10.6 Å². The molecule has 45 heavy (non-hydrogen) atoms. The van der Waals surface area contributed by atoms with E-state index in [0.29, 0.717) is 15.9 Å². The first-order chi connectivity index (χ1) is 20.2. The van der Waals surface area contributed by atoms with Crippen LogP contribution in [0.4, 0.5) is 30.8 Å². The molecule has 15 nitrogen and oxygen atoms in total. The summed E-state index contributed by atoms with van der Waals surface area (Å²) in [5, 5.41) is 0.458. The van der Waals surface area contributed by atoms with Crippen molar-refractivity contribution in [2.24, 2.45) is 0 Å². The first kappa shape index (κ1) is 41.0. The van der Waals surface area contributed by atoms with Crippen molar-refractivity contribution < 1.29 is 42.9 Å². The number of anilines is 2. The molecular formula is C28H42Cl2N6O9. The van der Waals surface area contributed by atoms with Gasteiger partial charge in [-0.3, -0.25) is 0 Å². The number of nitrogens with zero attached hydrogens (tertiary/aromatic N) is 5. The third-order valence-electron chi connectivity index (χ3n) is 3.60. The molecule has 252 valence electrons. The van der Waals surface area contributed by atoms with E-state index in [1.807, 2.05) is 0 Å². The summed E-state index contributed by atoms with van der Waals surface area (Å²) in [5.41, 5.74) is 2.27. The van der Waals surface area contributed by atoms with Crippen molar-refractivity contribution in [3.63, 3.8) is 0 Å². The summed E-state index contributed by atoms with van der Waals surface area (Å²) in [6.45, 7) is 20.1. The molecule has 0 radical (unpaired) electrons. The molecule has 2 N–H and O–H groups in total. The molecule has 2 heterocycles. The van der Waals surface area contributed by atoms with Gasteiger partial charge >= 0.3 is 24.5 Å². The fourth-order valence-electron chi connectivity index (χ4n) is 2.28. The number of aromatic nitrogens is 4. The maximum Gasteiger partial charge on any atom is 0.519 e. The van der Waals surface area contributed by atoms with E-state index in [1.54, 1.807) is 83.1 Å². The number of halogens is 2. The van der Waals surface area contributed by atoms with E-state index in [1.165, 1.54) is 18.5 Å². The lowest BCUT2D eigenvalue weighted by Gasteiger charge is -2.27. The van der Waals surface area contributed by atoms with Crippen molar-refractivity contribution in [2.45, 2.75) is 105 Å². The quantitative estimate of drug-likeness (QED) is 0.136. The number of amides is 2. The number of nitrogen functional groups attached to an aromatic ring is 1. The Kier molecular flexibility index (Phi) is 15.4. The largest absolute Gasteiger partial charge is 0.519 e. The predicted octanol–water partition coefficient (Wildman–Crippen LogP) is 7.39. The molecule has 2 aromatic heterocycles. The smallest absolute Gasteiger partial charge is 0.443 e. The van der Waals surface area contributed by atoms with Gasteiger partial charge in [0.25, 0.3) is 0 Å². The Bertz CT molecular complexity index is 1230. The maximum atomic E-state index is 12.3. The number of ether oxygens (including phenoxy) is 5. The highest BCUT2D eigenvalue weighted by atomic mass is 35.5. The van der Waals surface area contributed by atoms with Gasteiger partial charge in [0.1, 0.15) is 51.2 Å². The topological polar surface area (TPSA) is 195 Å². The van der Waals surface area contributed by atoms with Crippen LogP contribution < -0.4 is 10.6 Å². The molecule has 0 bridgehead atoms. The summed E-state index contributed by atoms with van der Waals surface area (Å²) in [6, 6.07) is 2.76. The van der Waals surface area contributed by atoms with Gasteiger partial charge in [-0.1, -0.05) is 23.2 Å². The second-order valence-corrected chi connectivity index (χ2v) is 13.6. The lowest BCUT2D eigenvalue weighted by Crippen LogP contribution is -2.44. The Morgan fingerprint density at radius 2 is 0.956 bits per heavy atom. The number of carbonyl (C=O) groups is 4. The van der Waals surface area contributed by atoms with Gasteiger partial charge < -0.3 is 29.4 Å². The zero-order valence-corrected chi connectivity index (χ0v) is 29.1. The van der Waals surface area contributed by atoms with Gasteiger partial charge in [-0.2, -0.15) is 4.90 Å². The Morgan fingerprint density at radius 1 is 0.600 bits per heavy atom. The van der Waals surface area contributed by atoms with E-state index in [2.05, 4.69) is 24.7 Å². The van der Waals surface area contributed by atoms with Gasteiger partial charge in [-0.25, -0.2) is 39.1 Å². The minimum absolute atomic E-state index is 0.0245. The first-order valence-electron chi connectivity index (χ1n) is 13.3. The van der Waals surface area contributed by atoms with Crippen LogP contribution in [0.2, 0.25) is 10.3 Å². The van der Waals surface area contributed by atoms with Gasteiger partial charge in [0.05, 0.1) is 0 Å². The van der Waals surface area contributed by atoms with Gasteiger partial charge in [0, 0.05) is 12.1 Å². The summed E-state index contributed by atoms with van der Waals surface area (Å²) >= 11 is 11.2. The third-order valence-corrected chi connectivity index (χ3v) is 4.01. The van der Waals surface area contributed by atoms with Crippen LogP contribution in [0, 0.1) is 0 Å². The molecule has 2 aromatic rings. The molecule has 2 rings (SSSR count). The summed E-state index contributed by atoms with van der Waals surface area (Å²) in [7, 11) is 0. The van der Waals surface area contributed by atoms with Crippen LogP contribution in [0.25, 0.3) is 0 Å². The third kappa shape index (κ3) is 21.4. The molecule has 0 fully saturated rings. The zero-order chi connectivity index (χ0) is 35.4. The van der Waals surface area contributed by atoms with E-state index in [-0.39, 0.29) is 11.0 Å². The number of nitrogens with two attached hydrogens (primary N) is 1. The molecule has 0 saturated carbocycles. The van der Waals surface area contributed by atoms with Crippen molar-refractivity contribution >= 4 is 59.3 Å². The molecule has 0 aliphatic rings. The van der Waals surface area contributed by atoms with Crippen LogP contribution in [0.5, 0.6) is 0 Å². The lowest BCUT2D eigenvalue weighted by atomic mass is 10.2. The number of carbonyl (C=O) groups excluding carboxylic acids is 4. The lowest BCUT2D eigenvalue weighted by molar-refractivity contribution is -0.0294. The predicted molar refractivity (Wildman–Crippen MR) is 167 cm³/mol. The Morgan fingerprint density at radius 3 is 1.24 bits per heavy atom. The second kappa shape index (κ2) is 16.9. The maximum absolute atomic E-state index is 12.3. The highest BCUT2D eigenvalue weighted by Crippen LogP contribution is 2.21. The van der Waals surface area contributed by atoms with Crippen LogP contribution in [0.3, 0.4) is 0 Å². The van der Waals surface area contributed by atoms with Crippen molar-refractivity contribution in [1.29, 1.82) is 0 Å². The molecule has 2 amide bonds. The molecular weight excluding hydrogens is 635 g/mol. The van der Waals surface area contributed by atoms with E-state index < -0.39 is 46.9 Å². The molecule has 0 aromatic carbocycles. The normalized spacial score (nSPS) is 11.3. The highest BCUT2D eigenvalue weighted by Gasteiger charge is 2.33. The summed E-state index contributed by atoms with van der Waals surface area (Å²) in [5.74, 6) is 0.369. The van der Waals surface area contributed by atoms with Gasteiger partial charge in [-0.15, -0.1) is 0 Å². The zero-order valence-electron chi connectivity index (χ0n) is 27.6. The van der Waals surface area contributed by atoms with Crippen LogP contribution in [0.1, 0.15) is 83.1 Å². The highest BCUT2D eigenvalue weighted by molar-refractivity contribution is 6.30. The van der Waals surface area contributed by atoms with Gasteiger partial charge in [-0.05, 0) is 83.1 Å². The number of hydrogen-bond acceptors (Lipinski definition) is 14. The van der Waals surface area contributed by atoms with E-state index in [4.69, 9.17) is 47.9 Å². The van der Waals surface area contributed by atoms with Crippen LogP contribution in [0.15, 0.2) is 24.8 Å². The summed E-state index contributed by atoms with van der Waals surface area (Å²) in [4.78, 5) is 62.1. The molecule has 17 heteroatoms. The fourth-order valence-corrected chi connectivity index (χ4v) is 2.58. The number of hydrogen-bond donors (Lipinski definition) is 1. The minimum Gasteiger partial charge on any atom is -0.443 e. The second-order valence-electron chi connectivity index (χ2n) is 12.8. The van der Waals surface area contributed by atoms with E-state index in [0.717, 1.165) is 6.33 Å². The van der Waals surface area contributed by atoms with Crippen LogP contribution >= 0.6 is 23.2 Å². The van der Waals surface area contributed by atoms with Crippen molar-refractivity contribution in [3.05, 3.63) is 35.1 Å². The van der Waals surface area contributed by atoms with Gasteiger partial charge in [0.2, 0.25) is 0 Å². The fraction of sp³-hybridized carbons (Fsp3) is 0.571. The average molecular weight is 678 g/mol. The molecule has 0 saturated heterocycles. The molecule has 0 unspecified atom stereocenters. The average Bonchev–Trinajstić information content (AvgIpc) is 2.74. The van der Waals surface area contributed by atoms with Crippen LogP contribution in [-0.2, 0) is 23.7 Å². The molecule has 0 aliphatic heterocycles. The van der Waals surface area contributed by atoms with Gasteiger partial charge in [0.15, 0.2) is 5.82 Å². The molecule has 0 atom stereocenters. The summed E-state index contributed by atoms with van der Waals surface area (Å²) < 4.78 is 24.2. The standard InChI is InChI=1S/C14H20ClN3O4.C10H18O5.C4H4ClN3/c1-13(2,3)21-11(19)18(12(20)22-14(4,5)6)10-7-9(15)16-8-17-10;1-9(2,3)14-7(11)13-8(12)15-10(4,5)6;5-3-1-4(6)8-2-7-3/h7-8H,1-6H3;1-6H3;1-2H,(H2,6,7,8). The number of rotatable bonds is 1. The van der Waals surface area contributed by atoms with E-state index >= 15 is 0 Å².